The normalized spacial score (nSPS) is 13.5. The van der Waals surface area contributed by atoms with Gasteiger partial charge in [-0.3, -0.25) is 9.59 Å². The van der Waals surface area contributed by atoms with E-state index in [0.717, 1.165) is 31.5 Å². The Bertz CT molecular complexity index is 820. The average molecular weight is 435 g/mol. The van der Waals surface area contributed by atoms with Crippen LogP contribution in [0.4, 0.5) is 4.39 Å². The van der Waals surface area contributed by atoms with Gasteiger partial charge in [-0.25, -0.2) is 4.39 Å². The highest BCUT2D eigenvalue weighted by molar-refractivity contribution is 9.10. The molecule has 1 saturated heterocycles. The largest absolute Gasteiger partial charge is 0.481 e. The molecule has 2 aromatic rings. The standard InChI is InChI=1S/C20H20BrFN2O3/c21-16-7-8-18(17(22)11-16)27-13-19(25)23-12-14-3-5-15(6-4-14)20(26)24-9-1-2-10-24/h3-8,11H,1-2,9-10,12-13H2,(H,23,25). The van der Waals surface area contributed by atoms with Gasteiger partial charge in [0.25, 0.3) is 11.8 Å². The molecule has 5 nitrogen and oxygen atoms in total. The quantitative estimate of drug-likeness (QED) is 0.756. The molecule has 142 valence electrons. The third-order valence-corrected chi connectivity index (χ3v) is 4.83. The van der Waals surface area contributed by atoms with Crippen LogP contribution in [0, 0.1) is 5.82 Å². The lowest BCUT2D eigenvalue weighted by molar-refractivity contribution is -0.123. The Morgan fingerprint density at radius 1 is 1.11 bits per heavy atom. The van der Waals surface area contributed by atoms with Crippen molar-refractivity contribution < 1.29 is 18.7 Å². The number of carbonyl (C=O) groups excluding carboxylic acids is 2. The van der Waals surface area contributed by atoms with E-state index >= 15 is 0 Å². The van der Waals surface area contributed by atoms with Crippen molar-refractivity contribution >= 4 is 27.7 Å². The Hall–Kier alpha value is -2.41. The molecule has 0 saturated carbocycles. The smallest absolute Gasteiger partial charge is 0.258 e. The molecule has 1 aliphatic heterocycles. The highest BCUT2D eigenvalue weighted by Crippen LogP contribution is 2.21. The van der Waals surface area contributed by atoms with E-state index in [-0.39, 0.29) is 24.2 Å². The lowest BCUT2D eigenvalue weighted by Crippen LogP contribution is -2.29. The van der Waals surface area contributed by atoms with Gasteiger partial charge < -0.3 is 15.0 Å². The maximum Gasteiger partial charge on any atom is 0.258 e. The molecular formula is C20H20BrFN2O3. The minimum absolute atomic E-state index is 0.0260. The first-order valence-electron chi connectivity index (χ1n) is 8.76. The molecule has 3 rings (SSSR count). The zero-order chi connectivity index (χ0) is 19.2. The number of rotatable bonds is 6. The minimum Gasteiger partial charge on any atom is -0.481 e. The number of nitrogens with one attached hydrogen (secondary N) is 1. The topological polar surface area (TPSA) is 58.6 Å². The molecule has 2 aromatic carbocycles. The molecule has 0 aromatic heterocycles. The van der Waals surface area contributed by atoms with Crippen LogP contribution < -0.4 is 10.1 Å². The summed E-state index contributed by atoms with van der Waals surface area (Å²) in [5, 5.41) is 2.71. The first-order valence-corrected chi connectivity index (χ1v) is 9.55. The van der Waals surface area contributed by atoms with Crippen LogP contribution in [0.1, 0.15) is 28.8 Å². The predicted molar refractivity (Wildman–Crippen MR) is 103 cm³/mol. The van der Waals surface area contributed by atoms with Gasteiger partial charge >= 0.3 is 0 Å². The molecule has 2 amide bonds. The first-order chi connectivity index (χ1) is 13.0. The summed E-state index contributed by atoms with van der Waals surface area (Å²) in [6, 6.07) is 11.6. The summed E-state index contributed by atoms with van der Waals surface area (Å²) in [6.45, 7) is 1.67. The Kier molecular flexibility index (Phi) is 6.45. The number of ether oxygens (including phenoxy) is 1. The molecule has 1 fully saturated rings. The van der Waals surface area contributed by atoms with Crippen molar-refractivity contribution in [1.82, 2.24) is 10.2 Å². The molecule has 0 spiro atoms. The predicted octanol–water partition coefficient (Wildman–Crippen LogP) is 3.52. The number of benzene rings is 2. The molecule has 7 heteroatoms. The summed E-state index contributed by atoms with van der Waals surface area (Å²) >= 11 is 3.16. The van der Waals surface area contributed by atoms with Crippen LogP contribution in [-0.2, 0) is 11.3 Å². The van der Waals surface area contributed by atoms with E-state index < -0.39 is 5.82 Å². The molecule has 0 unspecified atom stereocenters. The van der Waals surface area contributed by atoms with Gasteiger partial charge in [0.05, 0.1) is 0 Å². The molecule has 0 atom stereocenters. The van der Waals surface area contributed by atoms with Crippen LogP contribution in [0.5, 0.6) is 5.75 Å². The summed E-state index contributed by atoms with van der Waals surface area (Å²) in [7, 11) is 0. The van der Waals surface area contributed by atoms with Gasteiger partial charge in [0.2, 0.25) is 0 Å². The molecule has 27 heavy (non-hydrogen) atoms. The molecule has 1 N–H and O–H groups in total. The second kappa shape index (κ2) is 8.99. The fraction of sp³-hybridized carbons (Fsp3) is 0.300. The molecule has 1 aliphatic rings. The highest BCUT2D eigenvalue weighted by Gasteiger charge is 2.19. The monoisotopic (exact) mass is 434 g/mol. The number of nitrogens with zero attached hydrogens (tertiary/aromatic N) is 1. The van der Waals surface area contributed by atoms with E-state index in [0.29, 0.717) is 16.6 Å². The minimum atomic E-state index is -0.532. The van der Waals surface area contributed by atoms with E-state index in [1.54, 1.807) is 18.2 Å². The van der Waals surface area contributed by atoms with Gasteiger partial charge in [0.15, 0.2) is 18.2 Å². The fourth-order valence-electron chi connectivity index (χ4n) is 2.86. The van der Waals surface area contributed by atoms with Gasteiger partial charge in [0, 0.05) is 29.7 Å². The van der Waals surface area contributed by atoms with Crippen LogP contribution in [0.2, 0.25) is 0 Å². The van der Waals surface area contributed by atoms with Gasteiger partial charge in [0.1, 0.15) is 0 Å². The molecule has 0 aliphatic carbocycles. The van der Waals surface area contributed by atoms with Crippen molar-refractivity contribution in [3.05, 3.63) is 63.9 Å². The van der Waals surface area contributed by atoms with Crippen LogP contribution in [0.25, 0.3) is 0 Å². The number of amides is 2. The SMILES string of the molecule is O=C(COc1ccc(Br)cc1F)NCc1ccc(C(=O)N2CCCC2)cc1. The Morgan fingerprint density at radius 2 is 1.81 bits per heavy atom. The Labute approximate surface area is 165 Å². The summed E-state index contributed by atoms with van der Waals surface area (Å²) in [6.07, 6.45) is 2.12. The van der Waals surface area contributed by atoms with Crippen LogP contribution in [0.15, 0.2) is 46.9 Å². The van der Waals surface area contributed by atoms with Crippen LogP contribution in [-0.4, -0.2) is 36.4 Å². The second-order valence-corrected chi connectivity index (χ2v) is 7.25. The number of likely N-dealkylation sites (tertiary alicyclic amines) is 1. The van der Waals surface area contributed by atoms with E-state index in [2.05, 4.69) is 21.2 Å². The molecule has 0 bridgehead atoms. The second-order valence-electron chi connectivity index (χ2n) is 6.34. The molecule has 0 radical (unpaired) electrons. The van der Waals surface area contributed by atoms with Gasteiger partial charge in [-0.15, -0.1) is 0 Å². The lowest BCUT2D eigenvalue weighted by atomic mass is 10.1. The summed E-state index contributed by atoms with van der Waals surface area (Å²) < 4.78 is 19.4. The van der Waals surface area contributed by atoms with Crippen LogP contribution in [0.3, 0.4) is 0 Å². The van der Waals surface area contributed by atoms with Gasteiger partial charge in [-0.2, -0.15) is 0 Å². The summed E-state index contributed by atoms with van der Waals surface area (Å²) in [5.41, 5.74) is 1.53. The number of hydrogen-bond donors (Lipinski definition) is 1. The first kappa shape index (κ1) is 19.4. The van der Waals surface area contributed by atoms with E-state index in [9.17, 15) is 14.0 Å². The summed E-state index contributed by atoms with van der Waals surface area (Å²) in [4.78, 5) is 26.0. The van der Waals surface area contributed by atoms with E-state index in [1.165, 1.54) is 12.1 Å². The van der Waals surface area contributed by atoms with Gasteiger partial charge in [-0.05, 0) is 48.7 Å². The third kappa shape index (κ3) is 5.29. The van der Waals surface area contributed by atoms with E-state index in [4.69, 9.17) is 4.74 Å². The Morgan fingerprint density at radius 3 is 2.48 bits per heavy atom. The zero-order valence-electron chi connectivity index (χ0n) is 14.7. The number of halogens is 2. The Balaban J connectivity index is 1.46. The fourth-order valence-corrected chi connectivity index (χ4v) is 3.19. The lowest BCUT2D eigenvalue weighted by Gasteiger charge is -2.15. The maximum atomic E-state index is 13.6. The van der Waals surface area contributed by atoms with Crippen molar-refractivity contribution in [3.63, 3.8) is 0 Å². The third-order valence-electron chi connectivity index (χ3n) is 4.34. The number of carbonyl (C=O) groups is 2. The zero-order valence-corrected chi connectivity index (χ0v) is 16.3. The van der Waals surface area contributed by atoms with Crippen molar-refractivity contribution in [1.29, 1.82) is 0 Å². The van der Waals surface area contributed by atoms with Gasteiger partial charge in [-0.1, -0.05) is 28.1 Å². The molecular weight excluding hydrogens is 415 g/mol. The van der Waals surface area contributed by atoms with E-state index in [1.807, 2.05) is 17.0 Å². The van der Waals surface area contributed by atoms with Crippen molar-refractivity contribution in [2.45, 2.75) is 19.4 Å². The van der Waals surface area contributed by atoms with Crippen molar-refractivity contribution in [2.75, 3.05) is 19.7 Å². The van der Waals surface area contributed by atoms with Crippen molar-refractivity contribution in [2.24, 2.45) is 0 Å². The molecule has 1 heterocycles. The summed E-state index contributed by atoms with van der Waals surface area (Å²) in [5.74, 6) is -0.809. The van der Waals surface area contributed by atoms with Crippen molar-refractivity contribution in [3.8, 4) is 5.75 Å². The highest BCUT2D eigenvalue weighted by atomic mass is 79.9. The average Bonchev–Trinajstić information content (AvgIpc) is 3.20. The maximum absolute atomic E-state index is 13.6. The van der Waals surface area contributed by atoms with Crippen LogP contribution >= 0.6 is 15.9 Å². The number of hydrogen-bond acceptors (Lipinski definition) is 3.